The molecule has 108 valence electrons. The number of halogens is 1. The van der Waals surface area contributed by atoms with Gasteiger partial charge in [-0.3, -0.25) is 4.79 Å². The maximum Gasteiger partial charge on any atom is 0.227 e. The van der Waals surface area contributed by atoms with Crippen LogP contribution in [0.4, 0.5) is 0 Å². The van der Waals surface area contributed by atoms with Gasteiger partial charge in [0.2, 0.25) is 12.3 Å². The summed E-state index contributed by atoms with van der Waals surface area (Å²) in [5.41, 5.74) is 2.56. The van der Waals surface area contributed by atoms with Crippen LogP contribution in [-0.4, -0.2) is 15.8 Å². The maximum absolute atomic E-state index is 12.2. The molecule has 3 aromatic rings. The predicted molar refractivity (Wildman–Crippen MR) is 86.1 cm³/mol. The number of ketones is 1. The Bertz CT molecular complexity index is 771. The van der Waals surface area contributed by atoms with Crippen molar-refractivity contribution in [3.63, 3.8) is 0 Å². The molecule has 22 heavy (non-hydrogen) atoms. The van der Waals surface area contributed by atoms with Crippen molar-refractivity contribution in [2.45, 2.75) is 6.54 Å². The second kappa shape index (κ2) is 6.58. The molecule has 0 saturated heterocycles. The topological polar surface area (TPSA) is 46.7 Å². The van der Waals surface area contributed by atoms with Crippen molar-refractivity contribution in [2.75, 3.05) is 0 Å². The Labute approximate surface area is 136 Å². The first kappa shape index (κ1) is 14.5. The summed E-state index contributed by atoms with van der Waals surface area (Å²) < 4.78 is 2.82. The molecule has 0 amide bonds. The van der Waals surface area contributed by atoms with Gasteiger partial charge in [-0.15, -0.1) is 0 Å². The zero-order chi connectivity index (χ0) is 15.4. The lowest BCUT2D eigenvalue weighted by Crippen LogP contribution is -2.37. The van der Waals surface area contributed by atoms with Crippen LogP contribution < -0.4 is 4.57 Å². The monoisotopic (exact) mass is 354 g/mol. The van der Waals surface area contributed by atoms with E-state index in [1.165, 1.54) is 6.33 Å². The van der Waals surface area contributed by atoms with Crippen molar-refractivity contribution in [1.29, 1.82) is 0 Å². The average Bonchev–Trinajstić information content (AvgIpc) is 2.57. The number of carbonyl (C=O) groups excluding carboxylic acids is 1. The molecule has 0 aliphatic heterocycles. The number of benzene rings is 1. The molecule has 1 aromatic carbocycles. The fourth-order valence-electron chi connectivity index (χ4n) is 2.09. The van der Waals surface area contributed by atoms with Crippen LogP contribution >= 0.6 is 15.9 Å². The Hall–Kier alpha value is -2.40. The van der Waals surface area contributed by atoms with Gasteiger partial charge < -0.3 is 0 Å². The number of aromatic nitrogens is 3. The maximum atomic E-state index is 12.2. The minimum atomic E-state index is 0.0762. The summed E-state index contributed by atoms with van der Waals surface area (Å²) in [6.45, 7) is 0.311. The highest BCUT2D eigenvalue weighted by Gasteiger charge is 2.12. The third-order valence-electron chi connectivity index (χ3n) is 3.26. The first-order valence-corrected chi connectivity index (χ1v) is 7.56. The summed E-state index contributed by atoms with van der Waals surface area (Å²) in [7, 11) is 0. The first-order chi connectivity index (χ1) is 10.7. The second-order valence-electron chi connectivity index (χ2n) is 4.78. The summed E-state index contributed by atoms with van der Waals surface area (Å²) >= 11 is 3.36. The van der Waals surface area contributed by atoms with E-state index in [-0.39, 0.29) is 5.78 Å². The molecule has 0 unspecified atom stereocenters. The summed E-state index contributed by atoms with van der Waals surface area (Å²) in [4.78, 5) is 20.3. The minimum Gasteiger partial charge on any atom is -0.287 e. The van der Waals surface area contributed by atoms with Gasteiger partial charge in [-0.25, -0.2) is 9.97 Å². The fourth-order valence-corrected chi connectivity index (χ4v) is 2.35. The van der Waals surface area contributed by atoms with Crippen LogP contribution in [0.3, 0.4) is 0 Å². The lowest BCUT2D eigenvalue weighted by Gasteiger charge is -2.01. The van der Waals surface area contributed by atoms with E-state index in [4.69, 9.17) is 0 Å². The number of pyridine rings is 1. The molecule has 2 heterocycles. The molecule has 0 spiro atoms. The van der Waals surface area contributed by atoms with E-state index in [9.17, 15) is 4.79 Å². The number of Topliss-reactive ketones (excluding diaryl/α,β-unsaturated/α-hetero) is 1. The van der Waals surface area contributed by atoms with Crippen molar-refractivity contribution in [1.82, 2.24) is 9.97 Å². The van der Waals surface area contributed by atoms with Crippen LogP contribution in [0, 0.1) is 0 Å². The van der Waals surface area contributed by atoms with Crippen LogP contribution in [-0.2, 0) is 6.54 Å². The number of hydrogen-bond acceptors (Lipinski definition) is 3. The SMILES string of the molecule is O=C(C[n+]1ccc(-c2ccncn2)cc1)c1ccc(Br)cc1. The van der Waals surface area contributed by atoms with Gasteiger partial charge >= 0.3 is 0 Å². The average molecular weight is 355 g/mol. The summed E-state index contributed by atoms with van der Waals surface area (Å²) in [5, 5.41) is 0. The zero-order valence-corrected chi connectivity index (χ0v) is 13.3. The summed E-state index contributed by atoms with van der Waals surface area (Å²) in [6, 6.07) is 13.1. The van der Waals surface area contributed by atoms with Gasteiger partial charge in [0.15, 0.2) is 12.4 Å². The highest BCUT2D eigenvalue weighted by Crippen LogP contribution is 2.13. The van der Waals surface area contributed by atoms with Crippen molar-refractivity contribution in [3.8, 4) is 11.3 Å². The van der Waals surface area contributed by atoms with Crippen molar-refractivity contribution in [2.24, 2.45) is 0 Å². The Balaban J connectivity index is 1.73. The quantitative estimate of drug-likeness (QED) is 0.534. The molecule has 4 nitrogen and oxygen atoms in total. The summed E-state index contributed by atoms with van der Waals surface area (Å²) in [6.07, 6.45) is 7.00. The fraction of sp³-hybridized carbons (Fsp3) is 0.0588. The molecule has 5 heteroatoms. The largest absolute Gasteiger partial charge is 0.287 e. The number of rotatable bonds is 4. The van der Waals surface area contributed by atoms with Crippen LogP contribution in [0.5, 0.6) is 0 Å². The van der Waals surface area contributed by atoms with Gasteiger partial charge in [-0.2, -0.15) is 4.57 Å². The van der Waals surface area contributed by atoms with E-state index >= 15 is 0 Å². The van der Waals surface area contributed by atoms with Gasteiger partial charge in [-0.1, -0.05) is 28.1 Å². The molecule has 0 N–H and O–H groups in total. The first-order valence-electron chi connectivity index (χ1n) is 6.76. The lowest BCUT2D eigenvalue weighted by molar-refractivity contribution is -0.683. The third kappa shape index (κ3) is 3.43. The standard InChI is InChI=1S/C17H13BrN3O/c18-15-3-1-14(2-4-15)17(22)11-21-9-6-13(7-10-21)16-5-8-19-12-20-16/h1-10,12H,11H2/q+1. The highest BCUT2D eigenvalue weighted by atomic mass is 79.9. The minimum absolute atomic E-state index is 0.0762. The van der Waals surface area contributed by atoms with Crippen LogP contribution in [0.15, 0.2) is 71.9 Å². The highest BCUT2D eigenvalue weighted by molar-refractivity contribution is 9.10. The predicted octanol–water partition coefficient (Wildman–Crippen LogP) is 3.08. The number of carbonyl (C=O) groups is 1. The number of hydrogen-bond donors (Lipinski definition) is 0. The van der Waals surface area contributed by atoms with E-state index < -0.39 is 0 Å². The van der Waals surface area contributed by atoms with Crippen molar-refractivity contribution >= 4 is 21.7 Å². The lowest BCUT2D eigenvalue weighted by atomic mass is 10.1. The van der Waals surface area contributed by atoms with Crippen LogP contribution in [0.2, 0.25) is 0 Å². The van der Waals surface area contributed by atoms with Gasteiger partial charge in [0.1, 0.15) is 6.33 Å². The van der Waals surface area contributed by atoms with Crippen LogP contribution in [0.1, 0.15) is 10.4 Å². The second-order valence-corrected chi connectivity index (χ2v) is 5.70. The number of nitrogens with zero attached hydrogens (tertiary/aromatic N) is 3. The molecule has 0 atom stereocenters. The Morgan fingerprint density at radius 3 is 2.41 bits per heavy atom. The van der Waals surface area contributed by atoms with Gasteiger partial charge in [0, 0.05) is 33.9 Å². The Morgan fingerprint density at radius 2 is 1.77 bits per heavy atom. The van der Waals surface area contributed by atoms with E-state index in [1.54, 1.807) is 6.20 Å². The van der Waals surface area contributed by atoms with Gasteiger partial charge in [0.05, 0.1) is 5.69 Å². The molecule has 0 radical (unpaired) electrons. The van der Waals surface area contributed by atoms with Gasteiger partial charge in [0.25, 0.3) is 0 Å². The van der Waals surface area contributed by atoms with Crippen molar-refractivity contribution < 1.29 is 9.36 Å². The van der Waals surface area contributed by atoms with E-state index in [0.717, 1.165) is 15.7 Å². The summed E-state index contributed by atoms with van der Waals surface area (Å²) in [5.74, 6) is 0.0762. The molecule has 0 saturated carbocycles. The molecule has 0 bridgehead atoms. The van der Waals surface area contributed by atoms with E-state index in [0.29, 0.717) is 12.1 Å². The van der Waals surface area contributed by atoms with E-state index in [1.807, 2.05) is 59.4 Å². The molecular weight excluding hydrogens is 342 g/mol. The van der Waals surface area contributed by atoms with E-state index in [2.05, 4.69) is 25.9 Å². The molecular formula is C17H13BrN3O+. The molecule has 3 rings (SSSR count). The normalized spacial score (nSPS) is 10.4. The Morgan fingerprint density at radius 1 is 1.05 bits per heavy atom. The molecule has 0 aliphatic rings. The van der Waals surface area contributed by atoms with Crippen molar-refractivity contribution in [3.05, 3.63) is 77.4 Å². The zero-order valence-electron chi connectivity index (χ0n) is 11.7. The van der Waals surface area contributed by atoms with Gasteiger partial charge in [-0.05, 0) is 18.2 Å². The molecule has 0 fully saturated rings. The smallest absolute Gasteiger partial charge is 0.227 e. The van der Waals surface area contributed by atoms with Crippen LogP contribution in [0.25, 0.3) is 11.3 Å². The third-order valence-corrected chi connectivity index (χ3v) is 3.79. The molecule has 0 aliphatic carbocycles. The molecule has 2 aromatic heterocycles. The Kier molecular flexibility index (Phi) is 4.34.